The van der Waals surface area contributed by atoms with E-state index in [-0.39, 0.29) is 20.8 Å². The molecule has 112 valence electrons. The maximum absolute atomic E-state index is 12.5. The summed E-state index contributed by atoms with van der Waals surface area (Å²) in [6.07, 6.45) is -4.35. The SMILES string of the molecule is FC(F)(F)c1ccc(-c2nnc([Se]c3ccccc3)o2)cc1. The van der Waals surface area contributed by atoms with Gasteiger partial charge in [0.2, 0.25) is 0 Å². The molecular weight excluding hydrogens is 360 g/mol. The van der Waals surface area contributed by atoms with Crippen LogP contribution in [0.4, 0.5) is 13.2 Å². The molecule has 1 heterocycles. The molecule has 0 bridgehead atoms. The molecule has 0 aliphatic rings. The van der Waals surface area contributed by atoms with Crippen LogP contribution in [-0.2, 0) is 6.18 Å². The van der Waals surface area contributed by atoms with Crippen LogP contribution >= 0.6 is 0 Å². The number of hydrogen-bond donors (Lipinski definition) is 0. The fourth-order valence-electron chi connectivity index (χ4n) is 1.76. The Morgan fingerprint density at radius 2 is 1.55 bits per heavy atom. The summed E-state index contributed by atoms with van der Waals surface area (Å²) in [7, 11) is 0. The van der Waals surface area contributed by atoms with E-state index in [0.29, 0.717) is 10.4 Å². The fraction of sp³-hybridized carbons (Fsp3) is 0.0667. The molecule has 7 heteroatoms. The van der Waals surface area contributed by atoms with Gasteiger partial charge in [0, 0.05) is 0 Å². The molecule has 3 rings (SSSR count). The van der Waals surface area contributed by atoms with Crippen LogP contribution in [0.5, 0.6) is 0 Å². The average Bonchev–Trinajstić information content (AvgIpc) is 2.96. The third kappa shape index (κ3) is 3.37. The van der Waals surface area contributed by atoms with Crippen molar-refractivity contribution in [2.45, 2.75) is 6.18 Å². The summed E-state index contributed by atoms with van der Waals surface area (Å²) >= 11 is -0.127. The number of rotatable bonds is 3. The molecule has 0 atom stereocenters. The van der Waals surface area contributed by atoms with Crippen molar-refractivity contribution >= 4 is 24.2 Å². The summed E-state index contributed by atoms with van der Waals surface area (Å²) in [5.41, 5.74) is -0.236. The predicted octanol–water partition coefficient (Wildman–Crippen LogP) is 2.41. The van der Waals surface area contributed by atoms with Crippen molar-refractivity contribution in [3.05, 3.63) is 60.2 Å². The molecular formula is C15H9F3N2OSe. The molecule has 1 aromatic heterocycles. The van der Waals surface area contributed by atoms with E-state index in [1.54, 1.807) is 0 Å². The summed E-state index contributed by atoms with van der Waals surface area (Å²) in [5.74, 6) is 0.224. The average molecular weight is 369 g/mol. The summed E-state index contributed by atoms with van der Waals surface area (Å²) in [6, 6.07) is 14.3. The molecule has 0 saturated heterocycles. The van der Waals surface area contributed by atoms with Gasteiger partial charge in [-0.3, -0.25) is 0 Å². The molecule has 0 saturated carbocycles. The van der Waals surface area contributed by atoms with Gasteiger partial charge in [-0.25, -0.2) is 0 Å². The minimum atomic E-state index is -4.35. The van der Waals surface area contributed by atoms with Crippen molar-refractivity contribution < 1.29 is 17.6 Å². The Labute approximate surface area is 130 Å². The molecule has 0 spiro atoms. The second-order valence-electron chi connectivity index (χ2n) is 4.36. The van der Waals surface area contributed by atoms with Crippen LogP contribution in [0.3, 0.4) is 0 Å². The Morgan fingerprint density at radius 1 is 0.864 bits per heavy atom. The van der Waals surface area contributed by atoms with Crippen LogP contribution < -0.4 is 9.25 Å². The predicted molar refractivity (Wildman–Crippen MR) is 76.2 cm³/mol. The topological polar surface area (TPSA) is 38.9 Å². The van der Waals surface area contributed by atoms with Crippen LogP contribution in [0.1, 0.15) is 5.56 Å². The summed E-state index contributed by atoms with van der Waals surface area (Å²) in [4.78, 5) is 0.480. The maximum atomic E-state index is 12.5. The molecule has 0 fully saturated rings. The summed E-state index contributed by atoms with van der Waals surface area (Å²) in [6.45, 7) is 0. The van der Waals surface area contributed by atoms with Crippen molar-refractivity contribution in [3.63, 3.8) is 0 Å². The second kappa shape index (κ2) is 5.94. The van der Waals surface area contributed by atoms with Crippen molar-refractivity contribution in [1.29, 1.82) is 0 Å². The molecule has 0 unspecified atom stereocenters. The fourth-order valence-corrected chi connectivity index (χ4v) is 3.22. The molecule has 0 N–H and O–H groups in total. The van der Waals surface area contributed by atoms with Crippen molar-refractivity contribution in [2.24, 2.45) is 0 Å². The molecule has 0 aliphatic heterocycles. The molecule has 22 heavy (non-hydrogen) atoms. The first-order valence-corrected chi connectivity index (χ1v) is 7.98. The Balaban J connectivity index is 1.79. The molecule has 0 amide bonds. The Morgan fingerprint density at radius 3 is 2.18 bits per heavy atom. The van der Waals surface area contributed by atoms with Gasteiger partial charge in [-0.1, -0.05) is 0 Å². The number of halogens is 3. The van der Waals surface area contributed by atoms with Gasteiger partial charge in [0.15, 0.2) is 0 Å². The number of aromatic nitrogens is 2. The normalized spacial score (nSPS) is 11.6. The van der Waals surface area contributed by atoms with Gasteiger partial charge in [0.05, 0.1) is 0 Å². The molecule has 3 nitrogen and oxygen atoms in total. The van der Waals surface area contributed by atoms with E-state index in [1.165, 1.54) is 12.1 Å². The number of alkyl halides is 3. The van der Waals surface area contributed by atoms with Gasteiger partial charge in [0.1, 0.15) is 0 Å². The quantitative estimate of drug-likeness (QED) is 0.666. The zero-order valence-electron chi connectivity index (χ0n) is 11.0. The Hall–Kier alpha value is -2.11. The standard InChI is InChI=1S/C15H9F3N2OSe/c16-15(17,18)11-8-6-10(7-9-11)13-19-20-14(21-13)22-12-4-2-1-3-5-12/h1-9H. The minimum absolute atomic E-state index is 0.127. The van der Waals surface area contributed by atoms with Crippen LogP contribution in [0, 0.1) is 0 Å². The number of hydrogen-bond acceptors (Lipinski definition) is 3. The van der Waals surface area contributed by atoms with Gasteiger partial charge in [-0.2, -0.15) is 0 Å². The first-order chi connectivity index (χ1) is 10.5. The van der Waals surface area contributed by atoms with Gasteiger partial charge >= 0.3 is 130 Å². The number of benzene rings is 2. The van der Waals surface area contributed by atoms with Crippen LogP contribution in [0.2, 0.25) is 0 Å². The second-order valence-corrected chi connectivity index (χ2v) is 6.51. The Bertz CT molecular complexity index is 754. The zero-order chi connectivity index (χ0) is 15.6. The first kappa shape index (κ1) is 14.8. The van der Waals surface area contributed by atoms with E-state index in [4.69, 9.17) is 4.42 Å². The third-order valence-electron chi connectivity index (χ3n) is 2.81. The van der Waals surface area contributed by atoms with E-state index < -0.39 is 11.7 Å². The molecule has 0 aliphatic carbocycles. The van der Waals surface area contributed by atoms with E-state index in [9.17, 15) is 13.2 Å². The zero-order valence-corrected chi connectivity index (χ0v) is 12.8. The van der Waals surface area contributed by atoms with E-state index in [1.807, 2.05) is 30.3 Å². The molecule has 0 radical (unpaired) electrons. The van der Waals surface area contributed by atoms with Gasteiger partial charge < -0.3 is 0 Å². The molecule has 3 aromatic rings. The van der Waals surface area contributed by atoms with Crippen LogP contribution in [0.25, 0.3) is 11.5 Å². The van der Waals surface area contributed by atoms with Crippen molar-refractivity contribution in [1.82, 2.24) is 10.2 Å². The van der Waals surface area contributed by atoms with Crippen LogP contribution in [0.15, 0.2) is 59.0 Å². The molecule has 2 aromatic carbocycles. The third-order valence-corrected chi connectivity index (χ3v) is 4.59. The van der Waals surface area contributed by atoms with E-state index in [2.05, 4.69) is 10.2 Å². The Kier molecular flexibility index (Phi) is 4.00. The van der Waals surface area contributed by atoms with Gasteiger partial charge in [-0.05, 0) is 0 Å². The van der Waals surface area contributed by atoms with Gasteiger partial charge in [0.25, 0.3) is 0 Å². The van der Waals surface area contributed by atoms with Crippen molar-refractivity contribution in [2.75, 3.05) is 0 Å². The van der Waals surface area contributed by atoms with E-state index in [0.717, 1.165) is 16.6 Å². The van der Waals surface area contributed by atoms with Crippen molar-refractivity contribution in [3.8, 4) is 11.5 Å². The first-order valence-electron chi connectivity index (χ1n) is 6.26. The summed E-state index contributed by atoms with van der Waals surface area (Å²) in [5, 5.41) is 7.84. The number of nitrogens with zero attached hydrogens (tertiary/aromatic N) is 2. The van der Waals surface area contributed by atoms with Gasteiger partial charge in [-0.15, -0.1) is 0 Å². The monoisotopic (exact) mass is 370 g/mol. The summed E-state index contributed by atoms with van der Waals surface area (Å²) < 4.78 is 44.2. The van der Waals surface area contributed by atoms with E-state index >= 15 is 0 Å². The van der Waals surface area contributed by atoms with Crippen LogP contribution in [-0.4, -0.2) is 25.2 Å².